The van der Waals surface area contributed by atoms with Crippen LogP contribution in [0.3, 0.4) is 0 Å². The molecule has 0 aliphatic rings. The first kappa shape index (κ1) is 15.0. The lowest BCUT2D eigenvalue weighted by Crippen LogP contribution is -2.17. The number of benzene rings is 2. The molecule has 2 N–H and O–H groups in total. The fourth-order valence-corrected chi connectivity index (χ4v) is 2.44. The van der Waals surface area contributed by atoms with Crippen LogP contribution in [0.2, 0.25) is 0 Å². The van der Waals surface area contributed by atoms with Crippen molar-refractivity contribution in [2.24, 2.45) is 0 Å². The first-order valence-corrected chi connectivity index (χ1v) is 7.39. The first-order valence-electron chi connectivity index (χ1n) is 6.60. The zero-order valence-electron chi connectivity index (χ0n) is 11.4. The van der Waals surface area contributed by atoms with E-state index in [4.69, 9.17) is 0 Å². The molecule has 0 atom stereocenters. The maximum Gasteiger partial charge on any atom is 0.126 e. The summed E-state index contributed by atoms with van der Waals surface area (Å²) >= 11 is 3.36. The Labute approximate surface area is 127 Å². The van der Waals surface area contributed by atoms with Crippen molar-refractivity contribution in [1.82, 2.24) is 5.32 Å². The Morgan fingerprint density at radius 1 is 1.15 bits per heavy atom. The molecule has 0 unspecified atom stereocenters. The van der Waals surface area contributed by atoms with E-state index in [1.54, 1.807) is 6.07 Å². The minimum atomic E-state index is -0.146. The van der Waals surface area contributed by atoms with Crippen LogP contribution in [0.1, 0.15) is 11.1 Å². The Balaban J connectivity index is 1.82. The van der Waals surface area contributed by atoms with Gasteiger partial charge in [0.1, 0.15) is 5.82 Å². The van der Waals surface area contributed by atoms with E-state index in [0.29, 0.717) is 6.42 Å². The molecular weight excluding hydrogens is 319 g/mol. The Morgan fingerprint density at radius 3 is 2.80 bits per heavy atom. The molecule has 0 bridgehead atoms. The van der Waals surface area contributed by atoms with Gasteiger partial charge in [-0.05, 0) is 54.4 Å². The van der Waals surface area contributed by atoms with E-state index in [-0.39, 0.29) is 5.82 Å². The van der Waals surface area contributed by atoms with Crippen LogP contribution < -0.4 is 10.6 Å². The molecule has 0 aliphatic heterocycles. The summed E-state index contributed by atoms with van der Waals surface area (Å²) in [5.41, 5.74) is 3.05. The van der Waals surface area contributed by atoms with Gasteiger partial charge in [0.25, 0.3) is 0 Å². The first-order chi connectivity index (χ1) is 9.69. The molecule has 0 aliphatic carbocycles. The lowest BCUT2D eigenvalue weighted by molar-refractivity contribution is 0.597. The van der Waals surface area contributed by atoms with E-state index in [9.17, 15) is 4.39 Å². The Bertz CT molecular complexity index is 572. The second-order valence-electron chi connectivity index (χ2n) is 4.61. The largest absolute Gasteiger partial charge is 0.388 e. The molecule has 0 saturated heterocycles. The summed E-state index contributed by atoms with van der Waals surface area (Å²) < 4.78 is 14.5. The van der Waals surface area contributed by atoms with Crippen molar-refractivity contribution in [2.75, 3.05) is 18.9 Å². The van der Waals surface area contributed by atoms with Crippen LogP contribution in [0.5, 0.6) is 0 Å². The number of anilines is 1. The molecule has 2 nitrogen and oxygen atoms in total. The van der Waals surface area contributed by atoms with Gasteiger partial charge in [-0.1, -0.05) is 28.1 Å². The van der Waals surface area contributed by atoms with Crippen molar-refractivity contribution in [3.63, 3.8) is 0 Å². The van der Waals surface area contributed by atoms with E-state index in [2.05, 4.69) is 38.7 Å². The van der Waals surface area contributed by atoms with E-state index in [0.717, 1.165) is 28.8 Å². The third-order valence-corrected chi connectivity index (χ3v) is 3.62. The molecule has 2 aromatic carbocycles. The molecule has 0 radical (unpaired) electrons. The van der Waals surface area contributed by atoms with Gasteiger partial charge >= 0.3 is 0 Å². The molecule has 0 amide bonds. The van der Waals surface area contributed by atoms with Crippen LogP contribution in [0.15, 0.2) is 46.9 Å². The fraction of sp³-hybridized carbons (Fsp3) is 0.250. The van der Waals surface area contributed by atoms with E-state index in [1.165, 1.54) is 11.6 Å². The molecule has 2 rings (SSSR count). The summed E-state index contributed by atoms with van der Waals surface area (Å²) in [4.78, 5) is 0. The van der Waals surface area contributed by atoms with Crippen LogP contribution in [0.4, 0.5) is 10.1 Å². The van der Waals surface area contributed by atoms with Crippen LogP contribution in [0, 0.1) is 5.82 Å². The highest BCUT2D eigenvalue weighted by Crippen LogP contribution is 2.15. The van der Waals surface area contributed by atoms with Gasteiger partial charge in [0.05, 0.1) is 0 Å². The highest BCUT2D eigenvalue weighted by molar-refractivity contribution is 9.10. The van der Waals surface area contributed by atoms with Crippen molar-refractivity contribution >= 4 is 21.6 Å². The van der Waals surface area contributed by atoms with E-state index >= 15 is 0 Å². The van der Waals surface area contributed by atoms with Gasteiger partial charge < -0.3 is 10.6 Å². The Kier molecular flexibility index (Phi) is 5.56. The molecule has 0 spiro atoms. The summed E-state index contributed by atoms with van der Waals surface area (Å²) in [5, 5.41) is 6.45. The highest BCUT2D eigenvalue weighted by Gasteiger charge is 2.02. The lowest BCUT2D eigenvalue weighted by atomic mass is 10.1. The van der Waals surface area contributed by atoms with Gasteiger partial charge in [-0.25, -0.2) is 4.39 Å². The number of hydrogen-bond donors (Lipinski definition) is 2. The number of rotatable bonds is 6. The molecule has 0 fully saturated rings. The molecule has 0 aromatic heterocycles. The fourth-order valence-electron chi connectivity index (χ4n) is 2.03. The molecule has 20 heavy (non-hydrogen) atoms. The predicted octanol–water partition coefficient (Wildman–Crippen LogP) is 3.96. The molecule has 0 heterocycles. The van der Waals surface area contributed by atoms with Crippen molar-refractivity contribution in [2.45, 2.75) is 13.0 Å². The number of nitrogens with one attached hydrogen (secondary N) is 2. The summed E-state index contributed by atoms with van der Waals surface area (Å²) in [6, 6.07) is 13.3. The van der Waals surface area contributed by atoms with Crippen molar-refractivity contribution in [3.8, 4) is 0 Å². The molecular formula is C16H18BrFN2. The van der Waals surface area contributed by atoms with Crippen LogP contribution in [0.25, 0.3) is 0 Å². The van der Waals surface area contributed by atoms with Crippen molar-refractivity contribution in [1.29, 1.82) is 0 Å². The Hall–Kier alpha value is -1.39. The number of halogens is 2. The average molecular weight is 337 g/mol. The molecule has 2 aromatic rings. The smallest absolute Gasteiger partial charge is 0.126 e. The normalized spacial score (nSPS) is 10.6. The van der Waals surface area contributed by atoms with Gasteiger partial charge in [0.15, 0.2) is 0 Å². The third-order valence-electron chi connectivity index (χ3n) is 3.12. The van der Waals surface area contributed by atoms with Crippen LogP contribution in [-0.2, 0) is 13.0 Å². The lowest BCUT2D eigenvalue weighted by Gasteiger charge is -2.08. The van der Waals surface area contributed by atoms with Gasteiger partial charge in [0, 0.05) is 23.8 Å². The monoisotopic (exact) mass is 336 g/mol. The van der Waals surface area contributed by atoms with E-state index < -0.39 is 0 Å². The molecule has 106 valence electrons. The predicted molar refractivity (Wildman–Crippen MR) is 85.5 cm³/mol. The minimum absolute atomic E-state index is 0.146. The average Bonchev–Trinajstić information content (AvgIpc) is 2.47. The molecule has 0 saturated carbocycles. The third kappa shape index (κ3) is 4.32. The zero-order chi connectivity index (χ0) is 14.4. The Morgan fingerprint density at radius 2 is 2.00 bits per heavy atom. The zero-order valence-corrected chi connectivity index (χ0v) is 13.0. The maximum atomic E-state index is 13.6. The van der Waals surface area contributed by atoms with Crippen LogP contribution in [-0.4, -0.2) is 13.6 Å². The highest BCUT2D eigenvalue weighted by atomic mass is 79.9. The van der Waals surface area contributed by atoms with Gasteiger partial charge in [-0.15, -0.1) is 0 Å². The quantitative estimate of drug-likeness (QED) is 0.780. The summed E-state index contributed by atoms with van der Waals surface area (Å²) in [6.45, 7) is 1.53. The topological polar surface area (TPSA) is 24.1 Å². The summed E-state index contributed by atoms with van der Waals surface area (Å²) in [5.74, 6) is -0.146. The van der Waals surface area contributed by atoms with Crippen LogP contribution >= 0.6 is 15.9 Å². The second-order valence-corrected chi connectivity index (χ2v) is 5.53. The standard InChI is InChI=1S/C16H18BrFN2/c1-19-15-4-2-3-12(9-15)11-20-8-7-13-10-14(17)5-6-16(13)18/h2-6,9-10,19-20H,7-8,11H2,1H3. The van der Waals surface area contributed by atoms with Gasteiger partial charge in [-0.2, -0.15) is 0 Å². The van der Waals surface area contributed by atoms with Crippen molar-refractivity contribution in [3.05, 3.63) is 63.9 Å². The summed E-state index contributed by atoms with van der Waals surface area (Å²) in [6.07, 6.45) is 0.678. The van der Waals surface area contributed by atoms with Crippen molar-refractivity contribution < 1.29 is 4.39 Å². The molecule has 4 heteroatoms. The van der Waals surface area contributed by atoms with Gasteiger partial charge in [-0.3, -0.25) is 0 Å². The number of hydrogen-bond acceptors (Lipinski definition) is 2. The van der Waals surface area contributed by atoms with Gasteiger partial charge in [0.2, 0.25) is 0 Å². The second kappa shape index (κ2) is 7.41. The minimum Gasteiger partial charge on any atom is -0.388 e. The SMILES string of the molecule is CNc1cccc(CNCCc2cc(Br)ccc2F)c1. The maximum absolute atomic E-state index is 13.6. The van der Waals surface area contributed by atoms with E-state index in [1.807, 2.05) is 25.2 Å². The summed E-state index contributed by atoms with van der Waals surface area (Å²) in [7, 11) is 1.91.